The van der Waals surface area contributed by atoms with Gasteiger partial charge in [-0.05, 0) is 68.7 Å². The molecule has 2 aromatic carbocycles. The van der Waals surface area contributed by atoms with E-state index in [0.717, 1.165) is 21.9 Å². The van der Waals surface area contributed by atoms with Crippen molar-refractivity contribution in [2.45, 2.75) is 70.1 Å². The molecule has 0 spiro atoms. The Balaban J connectivity index is 1.24. The summed E-state index contributed by atoms with van der Waals surface area (Å²) in [5.74, 6) is -1.46. The van der Waals surface area contributed by atoms with Crippen molar-refractivity contribution in [3.05, 3.63) is 59.4 Å². The molecule has 208 valence electrons. The molecular formula is C30H32FN5O4. The molecule has 1 aromatic heterocycles. The third-order valence-electron chi connectivity index (χ3n) is 8.56. The van der Waals surface area contributed by atoms with Crippen molar-refractivity contribution in [2.75, 3.05) is 18.0 Å². The van der Waals surface area contributed by atoms with E-state index in [0.29, 0.717) is 50.0 Å². The van der Waals surface area contributed by atoms with Gasteiger partial charge in [-0.15, -0.1) is 0 Å². The lowest BCUT2D eigenvalue weighted by Gasteiger charge is -2.40. The second kappa shape index (κ2) is 9.25. The van der Waals surface area contributed by atoms with Crippen LogP contribution in [0.15, 0.2) is 42.7 Å². The minimum Gasteiger partial charge on any atom is -0.340 e. The molecule has 10 heteroatoms. The van der Waals surface area contributed by atoms with E-state index >= 15 is 0 Å². The van der Waals surface area contributed by atoms with E-state index in [1.807, 2.05) is 41.3 Å². The number of piperidine rings is 2. The van der Waals surface area contributed by atoms with E-state index in [1.54, 1.807) is 11.0 Å². The molecule has 3 aromatic rings. The van der Waals surface area contributed by atoms with Gasteiger partial charge in [-0.2, -0.15) is 5.10 Å². The van der Waals surface area contributed by atoms with E-state index in [2.05, 4.69) is 17.3 Å². The van der Waals surface area contributed by atoms with Crippen LogP contribution in [0.2, 0.25) is 0 Å². The first-order chi connectivity index (χ1) is 19.0. The molecule has 0 radical (unpaired) electrons. The number of halogens is 1. The van der Waals surface area contributed by atoms with Crippen molar-refractivity contribution in [3.63, 3.8) is 0 Å². The zero-order chi connectivity index (χ0) is 28.4. The molecule has 4 heterocycles. The Morgan fingerprint density at radius 1 is 1.15 bits per heavy atom. The number of nitrogens with zero attached hydrogens (tertiary/aromatic N) is 4. The van der Waals surface area contributed by atoms with Crippen molar-refractivity contribution in [3.8, 4) is 0 Å². The number of carbonyl (C=O) groups excluding carboxylic acids is 4. The topological polar surface area (TPSA) is 105 Å². The Morgan fingerprint density at radius 2 is 1.90 bits per heavy atom. The minimum absolute atomic E-state index is 0.197. The van der Waals surface area contributed by atoms with Crippen molar-refractivity contribution in [1.29, 1.82) is 0 Å². The third-order valence-corrected chi connectivity index (χ3v) is 8.56. The Bertz CT molecular complexity index is 1560. The molecule has 40 heavy (non-hydrogen) atoms. The standard InChI is InChI=1S/C30H32FN5O4/c1-29(2,31)28(40)34-13-11-30(3,12-14-34)35-17-18(16-32-35)15-19-7-8-22-25-20(19)5-4-6-21(25)27(39)36(22)23-9-10-24(37)33-26(23)38/h4-8,16-17,23H,9-15H2,1-3H3,(H,33,37,38). The number of benzene rings is 2. The molecule has 0 aliphatic carbocycles. The van der Waals surface area contributed by atoms with E-state index in [-0.39, 0.29) is 23.8 Å². The predicted octanol–water partition coefficient (Wildman–Crippen LogP) is 3.48. The number of nitrogens with one attached hydrogen (secondary N) is 1. The highest BCUT2D eigenvalue weighted by molar-refractivity contribution is 6.27. The molecule has 1 atom stereocenters. The number of carbonyl (C=O) groups is 4. The molecule has 9 nitrogen and oxygen atoms in total. The normalized spacial score (nSPS) is 20.8. The number of hydrogen-bond acceptors (Lipinski definition) is 5. The van der Waals surface area contributed by atoms with Crippen LogP contribution in [-0.2, 0) is 26.3 Å². The van der Waals surface area contributed by atoms with Gasteiger partial charge in [-0.1, -0.05) is 18.2 Å². The lowest BCUT2D eigenvalue weighted by molar-refractivity contribution is -0.144. The molecule has 2 fully saturated rings. The lowest BCUT2D eigenvalue weighted by atomic mass is 9.89. The van der Waals surface area contributed by atoms with Gasteiger partial charge in [-0.25, -0.2) is 4.39 Å². The monoisotopic (exact) mass is 545 g/mol. The van der Waals surface area contributed by atoms with E-state index in [4.69, 9.17) is 0 Å². The summed E-state index contributed by atoms with van der Waals surface area (Å²) in [6.07, 6.45) is 6.32. The Hall–Kier alpha value is -4.08. The molecule has 3 aliphatic heterocycles. The Labute approximate surface area is 231 Å². The van der Waals surface area contributed by atoms with Crippen molar-refractivity contribution in [1.82, 2.24) is 20.0 Å². The number of anilines is 1. The first-order valence-corrected chi connectivity index (χ1v) is 13.7. The number of imide groups is 1. The Morgan fingerprint density at radius 3 is 2.60 bits per heavy atom. The number of hydrogen-bond donors (Lipinski definition) is 1. The van der Waals surface area contributed by atoms with Crippen molar-refractivity contribution < 1.29 is 23.6 Å². The maximum absolute atomic E-state index is 14.2. The second-order valence-electron chi connectivity index (χ2n) is 11.8. The minimum atomic E-state index is -1.88. The predicted molar refractivity (Wildman–Crippen MR) is 147 cm³/mol. The van der Waals surface area contributed by atoms with Gasteiger partial charge >= 0.3 is 0 Å². The van der Waals surface area contributed by atoms with Crippen LogP contribution in [0.1, 0.15) is 67.9 Å². The van der Waals surface area contributed by atoms with Gasteiger partial charge < -0.3 is 4.90 Å². The smallest absolute Gasteiger partial charge is 0.259 e. The van der Waals surface area contributed by atoms with Gasteiger partial charge in [0.05, 0.1) is 17.4 Å². The zero-order valence-corrected chi connectivity index (χ0v) is 22.9. The van der Waals surface area contributed by atoms with Gasteiger partial charge in [0.1, 0.15) is 6.04 Å². The quantitative estimate of drug-likeness (QED) is 0.495. The van der Waals surface area contributed by atoms with Crippen molar-refractivity contribution in [2.24, 2.45) is 0 Å². The number of rotatable bonds is 5. The maximum Gasteiger partial charge on any atom is 0.259 e. The average Bonchev–Trinajstić information content (AvgIpc) is 3.50. The molecule has 0 bridgehead atoms. The largest absolute Gasteiger partial charge is 0.340 e. The van der Waals surface area contributed by atoms with Crippen LogP contribution in [0.3, 0.4) is 0 Å². The van der Waals surface area contributed by atoms with Crippen LogP contribution in [0.5, 0.6) is 0 Å². The van der Waals surface area contributed by atoms with Gasteiger partial charge in [0, 0.05) is 43.1 Å². The molecule has 1 N–H and O–H groups in total. The van der Waals surface area contributed by atoms with E-state index < -0.39 is 23.5 Å². The summed E-state index contributed by atoms with van der Waals surface area (Å²) in [5.41, 5.74) is 1.13. The number of likely N-dealkylation sites (tertiary alicyclic amines) is 1. The fraction of sp³-hybridized carbons (Fsp3) is 0.433. The lowest BCUT2D eigenvalue weighted by Crippen LogP contribution is -2.53. The molecule has 4 amide bonds. The second-order valence-corrected chi connectivity index (χ2v) is 11.8. The number of amides is 4. The highest BCUT2D eigenvalue weighted by Crippen LogP contribution is 2.41. The molecule has 2 saturated heterocycles. The third kappa shape index (κ3) is 4.26. The Kier molecular flexibility index (Phi) is 6.05. The molecule has 0 saturated carbocycles. The summed E-state index contributed by atoms with van der Waals surface area (Å²) in [6.45, 7) is 5.66. The fourth-order valence-corrected chi connectivity index (χ4v) is 6.22. The van der Waals surface area contributed by atoms with Crippen LogP contribution < -0.4 is 10.2 Å². The summed E-state index contributed by atoms with van der Waals surface area (Å²) in [7, 11) is 0. The zero-order valence-electron chi connectivity index (χ0n) is 22.9. The van der Waals surface area contributed by atoms with Crippen LogP contribution in [0.4, 0.5) is 10.1 Å². The van der Waals surface area contributed by atoms with Crippen LogP contribution >= 0.6 is 0 Å². The molecule has 6 rings (SSSR count). The van der Waals surface area contributed by atoms with E-state index in [1.165, 1.54) is 18.7 Å². The fourth-order valence-electron chi connectivity index (χ4n) is 6.22. The SMILES string of the molecule is CC(C)(F)C(=O)N1CCC(C)(n2cc(Cc3ccc4c5c(cccc35)C(=O)N4C3CCC(=O)NC3=O)cn2)CC1. The first kappa shape index (κ1) is 26.2. The van der Waals surface area contributed by atoms with Crippen LogP contribution in [0, 0.1) is 0 Å². The van der Waals surface area contributed by atoms with E-state index in [9.17, 15) is 23.6 Å². The molecule has 1 unspecified atom stereocenters. The summed E-state index contributed by atoms with van der Waals surface area (Å²) in [6, 6.07) is 8.78. The average molecular weight is 546 g/mol. The molecule has 3 aliphatic rings. The maximum atomic E-state index is 14.2. The number of alkyl halides is 1. The summed E-state index contributed by atoms with van der Waals surface area (Å²) in [4.78, 5) is 53.2. The highest BCUT2D eigenvalue weighted by atomic mass is 19.1. The van der Waals surface area contributed by atoms with Crippen LogP contribution in [0.25, 0.3) is 10.8 Å². The van der Waals surface area contributed by atoms with Crippen LogP contribution in [-0.4, -0.2) is 63.1 Å². The molecular weight excluding hydrogens is 513 g/mol. The van der Waals surface area contributed by atoms with Gasteiger partial charge in [0.2, 0.25) is 11.8 Å². The van der Waals surface area contributed by atoms with Gasteiger partial charge in [0.15, 0.2) is 5.67 Å². The van der Waals surface area contributed by atoms with Gasteiger partial charge in [-0.3, -0.25) is 34.1 Å². The highest BCUT2D eigenvalue weighted by Gasteiger charge is 2.41. The first-order valence-electron chi connectivity index (χ1n) is 13.7. The number of aromatic nitrogens is 2. The summed E-state index contributed by atoms with van der Waals surface area (Å²) < 4.78 is 16.1. The van der Waals surface area contributed by atoms with Crippen molar-refractivity contribution >= 4 is 40.1 Å². The summed E-state index contributed by atoms with van der Waals surface area (Å²) in [5, 5.41) is 8.78. The summed E-state index contributed by atoms with van der Waals surface area (Å²) >= 11 is 0. The van der Waals surface area contributed by atoms with Gasteiger partial charge in [0.25, 0.3) is 11.8 Å².